The van der Waals surface area contributed by atoms with E-state index in [1.54, 1.807) is 47.3 Å². The first kappa shape index (κ1) is 18.3. The number of nitrogens with zero attached hydrogens (tertiary/aromatic N) is 5. The topological polar surface area (TPSA) is 53.7 Å². The number of carbonyl (C=O) groups excluding carboxylic acids is 1. The van der Waals surface area contributed by atoms with Gasteiger partial charge < -0.3 is 14.2 Å². The van der Waals surface area contributed by atoms with Crippen molar-refractivity contribution in [1.29, 1.82) is 0 Å². The molecule has 4 heterocycles. The maximum atomic E-state index is 14.1. The predicted octanol–water partition coefficient (Wildman–Crippen LogP) is 3.50. The molecule has 0 unspecified atom stereocenters. The predicted molar refractivity (Wildman–Crippen MR) is 113 cm³/mol. The summed E-state index contributed by atoms with van der Waals surface area (Å²) < 4.78 is 15.9. The first-order valence-corrected chi connectivity index (χ1v) is 9.88. The van der Waals surface area contributed by atoms with E-state index >= 15 is 0 Å². The molecule has 0 atom stereocenters. The Morgan fingerprint density at radius 2 is 1.70 bits per heavy atom. The summed E-state index contributed by atoms with van der Waals surface area (Å²) in [6.45, 7) is 2.69. The lowest BCUT2D eigenvalue weighted by Crippen LogP contribution is -2.49. The lowest BCUT2D eigenvalue weighted by atomic mass is 10.1. The van der Waals surface area contributed by atoms with Gasteiger partial charge in [0.25, 0.3) is 5.91 Å². The van der Waals surface area contributed by atoms with E-state index in [0.717, 1.165) is 24.5 Å². The summed E-state index contributed by atoms with van der Waals surface area (Å²) in [5.74, 6) is 0.559. The fraction of sp³-hybridized carbons (Fsp3) is 0.174. The maximum Gasteiger partial charge on any atom is 0.274 e. The molecule has 30 heavy (non-hydrogen) atoms. The van der Waals surface area contributed by atoms with Crippen LogP contribution in [0.1, 0.15) is 10.5 Å². The molecule has 5 rings (SSSR count). The third-order valence-electron chi connectivity index (χ3n) is 5.40. The molecule has 0 spiro atoms. The Balaban J connectivity index is 1.34. The summed E-state index contributed by atoms with van der Waals surface area (Å²) in [5.41, 5.74) is 2.31. The van der Waals surface area contributed by atoms with Crippen LogP contribution in [0.3, 0.4) is 0 Å². The van der Waals surface area contributed by atoms with Crippen LogP contribution < -0.4 is 4.90 Å². The molecule has 0 N–H and O–H groups in total. The lowest BCUT2D eigenvalue weighted by molar-refractivity contribution is 0.0741. The smallest absolute Gasteiger partial charge is 0.274 e. The van der Waals surface area contributed by atoms with Crippen molar-refractivity contribution < 1.29 is 9.18 Å². The number of hydrogen-bond donors (Lipinski definition) is 0. The van der Waals surface area contributed by atoms with Gasteiger partial charge in [-0.2, -0.15) is 0 Å². The average Bonchev–Trinajstić information content (AvgIpc) is 3.23. The van der Waals surface area contributed by atoms with Crippen LogP contribution in [0, 0.1) is 5.82 Å². The normalized spacial score (nSPS) is 14.3. The molecule has 1 saturated heterocycles. The van der Waals surface area contributed by atoms with E-state index in [1.165, 1.54) is 6.07 Å². The van der Waals surface area contributed by atoms with Gasteiger partial charge in [0.15, 0.2) is 0 Å². The van der Waals surface area contributed by atoms with Crippen molar-refractivity contribution in [2.75, 3.05) is 31.1 Å². The molecule has 150 valence electrons. The van der Waals surface area contributed by atoms with Gasteiger partial charge in [0.2, 0.25) is 0 Å². The van der Waals surface area contributed by atoms with Crippen molar-refractivity contribution in [2.45, 2.75) is 0 Å². The van der Waals surface area contributed by atoms with E-state index in [0.29, 0.717) is 30.0 Å². The number of imidazole rings is 1. The van der Waals surface area contributed by atoms with Gasteiger partial charge >= 0.3 is 0 Å². The van der Waals surface area contributed by atoms with Gasteiger partial charge in [0, 0.05) is 55.9 Å². The molecule has 1 aliphatic rings. The number of halogens is 1. The van der Waals surface area contributed by atoms with Crippen LogP contribution in [-0.4, -0.2) is 51.4 Å². The molecular weight excluding hydrogens is 381 g/mol. The monoisotopic (exact) mass is 401 g/mol. The van der Waals surface area contributed by atoms with Gasteiger partial charge in [-0.1, -0.05) is 24.3 Å². The first-order chi connectivity index (χ1) is 14.7. The van der Waals surface area contributed by atoms with E-state index in [-0.39, 0.29) is 11.7 Å². The Labute approximate surface area is 173 Å². The van der Waals surface area contributed by atoms with E-state index < -0.39 is 0 Å². The molecule has 1 amide bonds. The Kier molecular flexibility index (Phi) is 4.63. The summed E-state index contributed by atoms with van der Waals surface area (Å²) in [4.78, 5) is 25.8. The van der Waals surface area contributed by atoms with Crippen LogP contribution in [0.2, 0.25) is 0 Å². The zero-order chi connectivity index (χ0) is 20.5. The van der Waals surface area contributed by atoms with Crippen molar-refractivity contribution in [3.8, 4) is 11.1 Å². The molecule has 6 nitrogen and oxygen atoms in total. The first-order valence-electron chi connectivity index (χ1n) is 9.88. The van der Waals surface area contributed by atoms with Crippen LogP contribution in [0.25, 0.3) is 16.8 Å². The molecule has 4 aromatic rings. The zero-order valence-corrected chi connectivity index (χ0v) is 16.3. The van der Waals surface area contributed by atoms with Gasteiger partial charge in [-0.25, -0.2) is 14.4 Å². The SMILES string of the molecule is O=C(c1cn2cc(-c3ccccc3F)ccc2n1)N1CCN(c2ccccn2)CC1. The fourth-order valence-corrected chi connectivity index (χ4v) is 3.79. The van der Waals surface area contributed by atoms with E-state index in [2.05, 4.69) is 14.9 Å². The van der Waals surface area contributed by atoms with E-state index in [9.17, 15) is 9.18 Å². The standard InChI is InChI=1S/C23H20FN5O/c24-19-6-2-1-5-18(19)17-8-9-22-26-20(16-29(22)15-17)23(30)28-13-11-27(12-14-28)21-7-3-4-10-25-21/h1-10,15-16H,11-14H2. The minimum atomic E-state index is -0.279. The highest BCUT2D eigenvalue weighted by Crippen LogP contribution is 2.23. The van der Waals surface area contributed by atoms with Crippen LogP contribution in [-0.2, 0) is 0 Å². The zero-order valence-electron chi connectivity index (χ0n) is 16.3. The second-order valence-corrected chi connectivity index (χ2v) is 7.26. The molecule has 1 aromatic carbocycles. The number of pyridine rings is 2. The molecule has 0 bridgehead atoms. The molecular formula is C23H20FN5O. The van der Waals surface area contributed by atoms with Gasteiger partial charge in [-0.15, -0.1) is 0 Å². The average molecular weight is 401 g/mol. The fourth-order valence-electron chi connectivity index (χ4n) is 3.79. The summed E-state index contributed by atoms with van der Waals surface area (Å²) in [6.07, 6.45) is 5.29. The van der Waals surface area contributed by atoms with E-state index in [4.69, 9.17) is 0 Å². The van der Waals surface area contributed by atoms with Crippen molar-refractivity contribution >= 4 is 17.4 Å². The second kappa shape index (κ2) is 7.59. The number of carbonyl (C=O) groups is 1. The van der Waals surface area contributed by atoms with Crippen molar-refractivity contribution in [3.63, 3.8) is 0 Å². The number of anilines is 1. The molecule has 0 saturated carbocycles. The number of hydrogen-bond acceptors (Lipinski definition) is 4. The van der Waals surface area contributed by atoms with Crippen molar-refractivity contribution in [3.05, 3.63) is 84.7 Å². The Morgan fingerprint density at radius 1 is 0.900 bits per heavy atom. The molecule has 0 aliphatic carbocycles. The third kappa shape index (κ3) is 3.39. The molecule has 1 fully saturated rings. The molecule has 7 heteroatoms. The minimum Gasteiger partial charge on any atom is -0.353 e. The lowest BCUT2D eigenvalue weighted by Gasteiger charge is -2.35. The number of aromatic nitrogens is 3. The van der Waals surface area contributed by atoms with Crippen LogP contribution in [0.15, 0.2) is 73.2 Å². The Bertz CT molecular complexity index is 1200. The summed E-state index contributed by atoms with van der Waals surface area (Å²) >= 11 is 0. The van der Waals surface area contributed by atoms with Gasteiger partial charge in [0.05, 0.1) is 0 Å². The highest BCUT2D eigenvalue weighted by Gasteiger charge is 2.24. The van der Waals surface area contributed by atoms with Crippen LogP contribution >= 0.6 is 0 Å². The van der Waals surface area contributed by atoms with Gasteiger partial charge in [-0.05, 0) is 30.3 Å². The number of piperazine rings is 1. The summed E-state index contributed by atoms with van der Waals surface area (Å²) in [6, 6.07) is 16.1. The highest BCUT2D eigenvalue weighted by molar-refractivity contribution is 5.93. The highest BCUT2D eigenvalue weighted by atomic mass is 19.1. The summed E-state index contributed by atoms with van der Waals surface area (Å²) in [7, 11) is 0. The van der Waals surface area contributed by atoms with Crippen LogP contribution in [0.4, 0.5) is 10.2 Å². The molecule has 3 aromatic heterocycles. The summed E-state index contributed by atoms with van der Waals surface area (Å²) in [5, 5.41) is 0. The minimum absolute atomic E-state index is 0.0909. The molecule has 1 aliphatic heterocycles. The Hall–Kier alpha value is -3.74. The largest absolute Gasteiger partial charge is 0.353 e. The van der Waals surface area contributed by atoms with Crippen molar-refractivity contribution in [2.24, 2.45) is 0 Å². The number of amides is 1. The Morgan fingerprint density at radius 3 is 2.47 bits per heavy atom. The van der Waals surface area contributed by atoms with Crippen LogP contribution in [0.5, 0.6) is 0 Å². The van der Waals surface area contributed by atoms with Gasteiger partial charge in [-0.3, -0.25) is 4.79 Å². The van der Waals surface area contributed by atoms with Crippen molar-refractivity contribution in [1.82, 2.24) is 19.3 Å². The second-order valence-electron chi connectivity index (χ2n) is 7.26. The number of benzene rings is 1. The quantitative estimate of drug-likeness (QED) is 0.527. The number of rotatable bonds is 3. The number of fused-ring (bicyclic) bond motifs is 1. The van der Waals surface area contributed by atoms with Gasteiger partial charge in [0.1, 0.15) is 23.0 Å². The molecule has 0 radical (unpaired) electrons. The van der Waals surface area contributed by atoms with E-state index in [1.807, 2.05) is 29.2 Å². The third-order valence-corrected chi connectivity index (χ3v) is 5.40. The maximum absolute atomic E-state index is 14.1.